The Morgan fingerprint density at radius 2 is 2.24 bits per heavy atom. The molecule has 0 atom stereocenters. The van der Waals surface area contributed by atoms with Gasteiger partial charge in [-0.05, 0) is 12.1 Å². The average molecular weight is 224 g/mol. The first-order chi connectivity index (χ1) is 8.31. The molecule has 3 aromatic heterocycles. The van der Waals surface area contributed by atoms with Crippen LogP contribution in [-0.2, 0) is 0 Å². The summed E-state index contributed by atoms with van der Waals surface area (Å²) < 4.78 is 1.61. The van der Waals surface area contributed by atoms with E-state index in [9.17, 15) is 0 Å². The highest BCUT2D eigenvalue weighted by Gasteiger charge is 2.13. The van der Waals surface area contributed by atoms with Crippen molar-refractivity contribution in [3.05, 3.63) is 42.1 Å². The molecule has 82 valence electrons. The van der Waals surface area contributed by atoms with Gasteiger partial charge in [-0.15, -0.1) is 0 Å². The minimum absolute atomic E-state index is 0.483. The monoisotopic (exact) mass is 224 g/mol. The number of nitrogens with zero attached hydrogens (tertiary/aromatic N) is 4. The number of H-pyrrole nitrogens is 1. The van der Waals surface area contributed by atoms with Gasteiger partial charge in [0, 0.05) is 17.3 Å². The molecule has 0 aromatic carbocycles. The van der Waals surface area contributed by atoms with Gasteiger partial charge in [-0.1, -0.05) is 0 Å². The van der Waals surface area contributed by atoms with E-state index in [2.05, 4.69) is 20.1 Å². The van der Waals surface area contributed by atoms with E-state index in [1.165, 1.54) is 6.20 Å². The smallest absolute Gasteiger partial charge is 0.216 e. The largest absolute Gasteiger partial charge is 0.384 e. The zero-order chi connectivity index (χ0) is 11.8. The zero-order valence-electron chi connectivity index (χ0n) is 8.75. The molecule has 3 rings (SSSR count). The molecule has 0 fully saturated rings. The van der Waals surface area contributed by atoms with Gasteiger partial charge in [-0.2, -0.15) is 10.2 Å². The summed E-state index contributed by atoms with van der Waals surface area (Å²) in [4.78, 5) is 3.48. The lowest BCUT2D eigenvalue weighted by atomic mass is 10.1. The van der Waals surface area contributed by atoms with Gasteiger partial charge in [-0.25, -0.2) is 9.36 Å². The highest BCUT2D eigenvalue weighted by atomic mass is 15.2. The van der Waals surface area contributed by atoms with Crippen LogP contribution in [0.25, 0.3) is 21.5 Å². The number of nitrogens with one attached hydrogen (secondary N) is 1. The molecule has 0 aliphatic rings. The van der Waals surface area contributed by atoms with E-state index < -0.39 is 0 Å². The van der Waals surface area contributed by atoms with E-state index >= 15 is 0 Å². The Balaban J connectivity index is 2.45. The molecule has 3 N–H and O–H groups in total. The third-order valence-corrected chi connectivity index (χ3v) is 2.60. The fourth-order valence-corrected chi connectivity index (χ4v) is 1.84. The molecule has 6 heteroatoms. The van der Waals surface area contributed by atoms with Gasteiger partial charge in [0.2, 0.25) is 5.69 Å². The van der Waals surface area contributed by atoms with Crippen LogP contribution in [0, 0.1) is 6.57 Å². The number of hydrogen-bond acceptors (Lipinski definition) is 3. The molecular formula is C11H8N6. The zero-order valence-corrected chi connectivity index (χ0v) is 8.75. The summed E-state index contributed by atoms with van der Waals surface area (Å²) in [6.07, 6.45) is 4.93. The Kier molecular flexibility index (Phi) is 1.86. The van der Waals surface area contributed by atoms with Crippen molar-refractivity contribution in [2.45, 2.75) is 0 Å². The van der Waals surface area contributed by atoms with Crippen LogP contribution < -0.4 is 5.73 Å². The minimum Gasteiger partial charge on any atom is -0.384 e. The number of rotatable bonds is 1. The first-order valence-corrected chi connectivity index (χ1v) is 4.94. The van der Waals surface area contributed by atoms with Crippen molar-refractivity contribution in [1.29, 1.82) is 0 Å². The number of aromatic amines is 1. The fraction of sp³-hybridized carbons (Fsp3) is 0. The Morgan fingerprint density at radius 3 is 2.94 bits per heavy atom. The third kappa shape index (κ3) is 1.26. The lowest BCUT2D eigenvalue weighted by molar-refractivity contribution is 0.957. The van der Waals surface area contributed by atoms with Crippen molar-refractivity contribution in [3.8, 4) is 11.1 Å². The van der Waals surface area contributed by atoms with Gasteiger partial charge in [0.1, 0.15) is 5.82 Å². The number of nitrogens with two attached hydrogens (primary N) is 1. The lowest BCUT2D eigenvalue weighted by Crippen LogP contribution is -1.97. The normalized spacial score (nSPS) is 10.5. The predicted octanol–water partition coefficient (Wildman–Crippen LogP) is 1.86. The van der Waals surface area contributed by atoms with Crippen LogP contribution in [-0.4, -0.2) is 19.8 Å². The van der Waals surface area contributed by atoms with Crippen molar-refractivity contribution < 1.29 is 0 Å². The standard InChI is InChI=1S/C11H8N6/c1-13-8-6-16-17-9(2-3-10(17)12)11(8)7-4-14-15-5-7/h2-6H,12H2,(H,14,15). The number of anilines is 1. The lowest BCUT2D eigenvalue weighted by Gasteiger charge is -2.04. The molecular weight excluding hydrogens is 216 g/mol. The van der Waals surface area contributed by atoms with Crippen LogP contribution in [0.3, 0.4) is 0 Å². The van der Waals surface area contributed by atoms with E-state index in [0.29, 0.717) is 11.5 Å². The maximum atomic E-state index is 7.18. The summed E-state index contributed by atoms with van der Waals surface area (Å²) in [7, 11) is 0. The van der Waals surface area contributed by atoms with E-state index in [0.717, 1.165) is 16.6 Å². The predicted molar refractivity (Wildman–Crippen MR) is 63.4 cm³/mol. The van der Waals surface area contributed by atoms with E-state index in [1.54, 1.807) is 23.0 Å². The first kappa shape index (κ1) is 9.42. The van der Waals surface area contributed by atoms with Crippen molar-refractivity contribution in [3.63, 3.8) is 0 Å². The highest BCUT2D eigenvalue weighted by Crippen LogP contribution is 2.34. The molecule has 3 aromatic rings. The Bertz CT molecular complexity index is 716. The van der Waals surface area contributed by atoms with Gasteiger partial charge in [0.25, 0.3) is 0 Å². The second-order valence-electron chi connectivity index (χ2n) is 3.56. The van der Waals surface area contributed by atoms with Crippen LogP contribution in [0.2, 0.25) is 0 Å². The first-order valence-electron chi connectivity index (χ1n) is 4.94. The van der Waals surface area contributed by atoms with Crippen LogP contribution >= 0.6 is 0 Å². The van der Waals surface area contributed by atoms with E-state index in [1.807, 2.05) is 6.07 Å². The van der Waals surface area contributed by atoms with E-state index in [-0.39, 0.29) is 0 Å². The molecule has 0 aliphatic carbocycles. The summed E-state index contributed by atoms with van der Waals surface area (Å²) in [6, 6.07) is 3.61. The SMILES string of the molecule is [C-]#[N+]c1cnn2c(N)ccc2c1-c1cn[nH]c1. The third-order valence-electron chi connectivity index (χ3n) is 2.60. The molecule has 0 saturated carbocycles. The molecule has 0 spiro atoms. The second-order valence-corrected chi connectivity index (χ2v) is 3.56. The molecule has 17 heavy (non-hydrogen) atoms. The molecule has 0 bridgehead atoms. The van der Waals surface area contributed by atoms with Crippen molar-refractivity contribution >= 4 is 17.0 Å². The fourth-order valence-electron chi connectivity index (χ4n) is 1.84. The van der Waals surface area contributed by atoms with Crippen molar-refractivity contribution in [2.24, 2.45) is 0 Å². The van der Waals surface area contributed by atoms with Crippen molar-refractivity contribution in [2.75, 3.05) is 5.73 Å². The maximum Gasteiger partial charge on any atom is 0.216 e. The molecule has 0 unspecified atom stereocenters. The maximum absolute atomic E-state index is 7.18. The average Bonchev–Trinajstić information content (AvgIpc) is 2.98. The molecule has 6 nitrogen and oxygen atoms in total. The topological polar surface area (TPSA) is 76.4 Å². The van der Waals surface area contributed by atoms with Gasteiger partial charge in [0.05, 0.1) is 24.5 Å². The summed E-state index contributed by atoms with van der Waals surface area (Å²) >= 11 is 0. The minimum atomic E-state index is 0.483. The van der Waals surface area contributed by atoms with Crippen LogP contribution in [0.4, 0.5) is 11.5 Å². The number of nitrogen functional groups attached to an aromatic ring is 1. The summed E-state index contributed by atoms with van der Waals surface area (Å²) in [6.45, 7) is 7.18. The Morgan fingerprint density at radius 1 is 1.35 bits per heavy atom. The summed E-state index contributed by atoms with van der Waals surface area (Å²) in [5.41, 5.74) is 8.72. The molecule has 0 saturated heterocycles. The van der Waals surface area contributed by atoms with Gasteiger partial charge in [-0.3, -0.25) is 5.10 Å². The quantitative estimate of drug-likeness (QED) is 0.619. The molecule has 0 radical (unpaired) electrons. The summed E-state index contributed by atoms with van der Waals surface area (Å²) in [5, 5.41) is 10.8. The molecule has 0 aliphatic heterocycles. The van der Waals surface area contributed by atoms with Crippen LogP contribution in [0.15, 0.2) is 30.7 Å². The summed E-state index contributed by atoms with van der Waals surface area (Å²) in [5.74, 6) is 0.543. The Labute approximate surface area is 96.5 Å². The highest BCUT2D eigenvalue weighted by molar-refractivity contribution is 5.90. The number of fused-ring (bicyclic) bond motifs is 1. The van der Waals surface area contributed by atoms with Gasteiger partial charge in [0.15, 0.2) is 0 Å². The second kappa shape index (κ2) is 3.35. The Hall–Kier alpha value is -2.81. The van der Waals surface area contributed by atoms with Crippen molar-refractivity contribution in [1.82, 2.24) is 19.8 Å². The van der Waals surface area contributed by atoms with Gasteiger partial charge >= 0.3 is 0 Å². The van der Waals surface area contributed by atoms with E-state index in [4.69, 9.17) is 12.3 Å². The number of aromatic nitrogens is 4. The number of hydrogen-bond donors (Lipinski definition) is 2. The van der Waals surface area contributed by atoms with Gasteiger partial charge < -0.3 is 5.73 Å². The van der Waals surface area contributed by atoms with Crippen LogP contribution in [0.1, 0.15) is 0 Å². The molecule has 3 heterocycles. The molecule has 0 amide bonds. The van der Waals surface area contributed by atoms with Crippen LogP contribution in [0.5, 0.6) is 0 Å².